The summed E-state index contributed by atoms with van der Waals surface area (Å²) in [4.78, 5) is 8.14. The van der Waals surface area contributed by atoms with Crippen molar-refractivity contribution >= 4 is 23.4 Å². The second-order valence-electron chi connectivity index (χ2n) is 2.95. The summed E-state index contributed by atoms with van der Waals surface area (Å²) >= 11 is 7.37. The number of benzene rings is 1. The zero-order valence-corrected chi connectivity index (χ0v) is 11.5. The van der Waals surface area contributed by atoms with Gasteiger partial charge in [-0.2, -0.15) is 0 Å². The van der Waals surface area contributed by atoms with Crippen molar-refractivity contribution in [3.05, 3.63) is 53.4 Å². The number of hydrogen-bond donors (Lipinski definition) is 0. The van der Waals surface area contributed by atoms with Gasteiger partial charge in [-0.3, -0.25) is 4.98 Å². The van der Waals surface area contributed by atoms with Crippen LogP contribution in [0.25, 0.3) is 0 Å². The predicted octanol–water partition coefficient (Wildman–Crippen LogP) is 4.45. The molecule has 0 atom stereocenters. The molecule has 1 aromatic heterocycles. The molecule has 0 saturated carbocycles. The molecule has 0 fully saturated rings. The largest absolute Gasteiger partial charge is 0.259 e. The minimum Gasteiger partial charge on any atom is -0.259 e. The van der Waals surface area contributed by atoms with Crippen LogP contribution in [-0.2, 0) is 5.75 Å². The van der Waals surface area contributed by atoms with Crippen LogP contribution in [0.2, 0.25) is 5.15 Å². The summed E-state index contributed by atoms with van der Waals surface area (Å²) in [6.07, 6.45) is 3.26. The van der Waals surface area contributed by atoms with Gasteiger partial charge in [0.15, 0.2) is 0 Å². The van der Waals surface area contributed by atoms with Crippen molar-refractivity contribution in [2.45, 2.75) is 24.6 Å². The molecule has 0 aliphatic heterocycles. The second-order valence-corrected chi connectivity index (χ2v) is 4.34. The van der Waals surface area contributed by atoms with E-state index in [1.165, 1.54) is 11.8 Å². The molecule has 0 amide bonds. The summed E-state index contributed by atoms with van der Waals surface area (Å²) in [6, 6.07) is 10.2. The third-order valence-corrected chi connectivity index (χ3v) is 2.96. The zero-order valence-electron chi connectivity index (χ0n) is 9.93. The van der Waals surface area contributed by atoms with Gasteiger partial charge in [0, 0.05) is 5.75 Å². The summed E-state index contributed by atoms with van der Waals surface area (Å²) < 4.78 is 0. The molecule has 17 heavy (non-hydrogen) atoms. The molecule has 0 N–H and O–H groups in total. The van der Waals surface area contributed by atoms with Crippen LogP contribution in [0.15, 0.2) is 47.8 Å². The van der Waals surface area contributed by atoms with Crippen LogP contribution in [0, 0.1) is 0 Å². The second kappa shape index (κ2) is 8.09. The fraction of sp³-hybridized carbons (Fsp3) is 0.231. The molecule has 0 saturated heterocycles. The Balaban J connectivity index is 0.000000686. The van der Waals surface area contributed by atoms with Crippen LogP contribution in [0.4, 0.5) is 0 Å². The minimum absolute atomic E-state index is 0.438. The lowest BCUT2D eigenvalue weighted by molar-refractivity contribution is 1.05. The SMILES string of the molecule is CC.Clc1cncc(SCc2ccccc2)n1. The van der Waals surface area contributed by atoms with E-state index in [0.717, 1.165) is 10.8 Å². The molecule has 0 aliphatic carbocycles. The minimum atomic E-state index is 0.438. The molecule has 0 radical (unpaired) electrons. The molecular formula is C13H15ClN2S. The molecule has 1 heterocycles. The van der Waals surface area contributed by atoms with Crippen molar-refractivity contribution in [1.29, 1.82) is 0 Å². The Bertz CT molecular complexity index is 434. The third-order valence-electron chi connectivity index (χ3n) is 1.81. The van der Waals surface area contributed by atoms with E-state index in [1.54, 1.807) is 18.0 Å². The molecule has 90 valence electrons. The van der Waals surface area contributed by atoms with E-state index in [4.69, 9.17) is 11.6 Å². The Labute approximate surface area is 111 Å². The molecule has 0 spiro atoms. The highest BCUT2D eigenvalue weighted by Crippen LogP contribution is 2.20. The predicted molar refractivity (Wildman–Crippen MR) is 74.4 cm³/mol. The van der Waals surface area contributed by atoms with Gasteiger partial charge in [0.1, 0.15) is 10.2 Å². The van der Waals surface area contributed by atoms with Gasteiger partial charge in [0.2, 0.25) is 0 Å². The van der Waals surface area contributed by atoms with E-state index in [1.807, 2.05) is 32.0 Å². The quantitative estimate of drug-likeness (QED) is 0.768. The molecule has 1 aromatic carbocycles. The highest BCUT2D eigenvalue weighted by atomic mass is 35.5. The van der Waals surface area contributed by atoms with Crippen LogP contribution < -0.4 is 0 Å². The normalized spacial score (nSPS) is 9.35. The van der Waals surface area contributed by atoms with Gasteiger partial charge >= 0.3 is 0 Å². The van der Waals surface area contributed by atoms with Crippen molar-refractivity contribution < 1.29 is 0 Å². The first kappa shape index (κ1) is 14.0. The van der Waals surface area contributed by atoms with E-state index in [-0.39, 0.29) is 0 Å². The maximum Gasteiger partial charge on any atom is 0.148 e. The van der Waals surface area contributed by atoms with Crippen molar-refractivity contribution in [3.8, 4) is 0 Å². The number of halogens is 1. The van der Waals surface area contributed by atoms with Gasteiger partial charge in [-0.15, -0.1) is 11.8 Å². The molecule has 0 unspecified atom stereocenters. The topological polar surface area (TPSA) is 25.8 Å². The first-order chi connectivity index (χ1) is 8.34. The number of nitrogens with zero attached hydrogens (tertiary/aromatic N) is 2. The van der Waals surface area contributed by atoms with E-state index in [0.29, 0.717) is 5.15 Å². The lowest BCUT2D eigenvalue weighted by atomic mass is 10.2. The highest BCUT2D eigenvalue weighted by Gasteiger charge is 1.98. The number of rotatable bonds is 3. The summed E-state index contributed by atoms with van der Waals surface area (Å²) in [5, 5.41) is 1.29. The molecular weight excluding hydrogens is 252 g/mol. The van der Waals surface area contributed by atoms with Gasteiger partial charge in [0.05, 0.1) is 12.4 Å². The fourth-order valence-corrected chi connectivity index (χ4v) is 2.13. The first-order valence-corrected chi connectivity index (χ1v) is 6.85. The van der Waals surface area contributed by atoms with Crippen molar-refractivity contribution in [2.24, 2.45) is 0 Å². The third kappa shape index (κ3) is 5.20. The standard InChI is InChI=1S/C11H9ClN2S.C2H6/c12-10-6-13-7-11(14-10)15-8-9-4-2-1-3-5-9;1-2/h1-7H,8H2;1-2H3. The Hall–Kier alpha value is -1.06. The molecule has 4 heteroatoms. The number of hydrogen-bond acceptors (Lipinski definition) is 3. The number of aromatic nitrogens is 2. The Morgan fingerprint density at radius 3 is 2.47 bits per heavy atom. The average Bonchev–Trinajstić information content (AvgIpc) is 2.40. The van der Waals surface area contributed by atoms with Crippen molar-refractivity contribution in [3.63, 3.8) is 0 Å². The van der Waals surface area contributed by atoms with Crippen LogP contribution in [-0.4, -0.2) is 9.97 Å². The highest BCUT2D eigenvalue weighted by molar-refractivity contribution is 7.98. The molecule has 2 nitrogen and oxygen atoms in total. The average molecular weight is 267 g/mol. The molecule has 0 aliphatic rings. The van der Waals surface area contributed by atoms with Gasteiger partial charge < -0.3 is 0 Å². The Morgan fingerprint density at radius 2 is 1.82 bits per heavy atom. The lowest BCUT2D eigenvalue weighted by Crippen LogP contribution is -1.85. The van der Waals surface area contributed by atoms with Gasteiger partial charge in [-0.25, -0.2) is 4.98 Å². The van der Waals surface area contributed by atoms with Crippen LogP contribution in [0.1, 0.15) is 19.4 Å². The summed E-state index contributed by atoms with van der Waals surface area (Å²) in [6.45, 7) is 4.00. The Kier molecular flexibility index (Phi) is 6.67. The van der Waals surface area contributed by atoms with Crippen LogP contribution in [0.5, 0.6) is 0 Å². The smallest absolute Gasteiger partial charge is 0.148 e. The van der Waals surface area contributed by atoms with Gasteiger partial charge in [0.25, 0.3) is 0 Å². The van der Waals surface area contributed by atoms with E-state index >= 15 is 0 Å². The van der Waals surface area contributed by atoms with E-state index in [9.17, 15) is 0 Å². The van der Waals surface area contributed by atoms with E-state index in [2.05, 4.69) is 22.1 Å². The number of thioether (sulfide) groups is 1. The Morgan fingerprint density at radius 1 is 1.12 bits per heavy atom. The summed E-state index contributed by atoms with van der Waals surface area (Å²) in [5.74, 6) is 0.885. The lowest BCUT2D eigenvalue weighted by Gasteiger charge is -2.00. The molecule has 2 aromatic rings. The van der Waals surface area contributed by atoms with E-state index < -0.39 is 0 Å². The molecule has 2 rings (SSSR count). The van der Waals surface area contributed by atoms with Gasteiger partial charge in [-0.1, -0.05) is 55.8 Å². The maximum atomic E-state index is 5.74. The fourth-order valence-electron chi connectivity index (χ4n) is 1.13. The van der Waals surface area contributed by atoms with Crippen molar-refractivity contribution in [1.82, 2.24) is 9.97 Å². The molecule has 0 bridgehead atoms. The first-order valence-electron chi connectivity index (χ1n) is 5.49. The summed E-state index contributed by atoms with van der Waals surface area (Å²) in [5.41, 5.74) is 1.27. The zero-order chi connectivity index (χ0) is 12.5. The summed E-state index contributed by atoms with van der Waals surface area (Å²) in [7, 11) is 0. The van der Waals surface area contributed by atoms with Gasteiger partial charge in [-0.05, 0) is 5.56 Å². The van der Waals surface area contributed by atoms with Crippen molar-refractivity contribution in [2.75, 3.05) is 0 Å². The van der Waals surface area contributed by atoms with Crippen LogP contribution >= 0.6 is 23.4 Å². The maximum absolute atomic E-state index is 5.74. The van der Waals surface area contributed by atoms with Crippen LogP contribution in [0.3, 0.4) is 0 Å². The monoisotopic (exact) mass is 266 g/mol.